The highest BCUT2D eigenvalue weighted by Gasteiger charge is 2.22. The number of hydrogen-bond donors (Lipinski definition) is 1. The summed E-state index contributed by atoms with van der Waals surface area (Å²) < 4.78 is 19.3. The third-order valence-electron chi connectivity index (χ3n) is 4.11. The van der Waals surface area contributed by atoms with E-state index in [9.17, 15) is 9.50 Å². The van der Waals surface area contributed by atoms with Crippen molar-refractivity contribution in [3.63, 3.8) is 0 Å². The van der Waals surface area contributed by atoms with Crippen molar-refractivity contribution < 1.29 is 14.2 Å². The lowest BCUT2D eigenvalue weighted by Gasteiger charge is -2.34. The van der Waals surface area contributed by atoms with Gasteiger partial charge in [0.15, 0.2) is 11.6 Å². The van der Waals surface area contributed by atoms with E-state index in [1.807, 2.05) is 6.07 Å². The van der Waals surface area contributed by atoms with Crippen LogP contribution < -0.4 is 4.74 Å². The van der Waals surface area contributed by atoms with Crippen LogP contribution in [0.25, 0.3) is 0 Å². The number of halogens is 1. The van der Waals surface area contributed by atoms with E-state index in [4.69, 9.17) is 4.74 Å². The van der Waals surface area contributed by atoms with E-state index in [2.05, 4.69) is 4.90 Å². The number of benzene rings is 1. The van der Waals surface area contributed by atoms with Gasteiger partial charge in [-0.05, 0) is 18.9 Å². The molecule has 2 rings (SSSR count). The van der Waals surface area contributed by atoms with Crippen LogP contribution in [0.15, 0.2) is 18.2 Å². The molecule has 1 aliphatic carbocycles. The molecule has 112 valence electrons. The Balaban J connectivity index is 2.10. The van der Waals surface area contributed by atoms with Crippen molar-refractivity contribution in [3.05, 3.63) is 29.6 Å². The minimum atomic E-state index is -0.284. The third kappa shape index (κ3) is 3.70. The molecule has 0 saturated heterocycles. The Morgan fingerprint density at radius 2 is 2.05 bits per heavy atom. The zero-order valence-electron chi connectivity index (χ0n) is 12.1. The first-order chi connectivity index (χ1) is 9.76. The smallest absolute Gasteiger partial charge is 0.169 e. The molecule has 1 aliphatic rings. The van der Waals surface area contributed by atoms with Crippen LogP contribution in [0.1, 0.15) is 37.7 Å². The van der Waals surface area contributed by atoms with Crippen molar-refractivity contribution >= 4 is 0 Å². The Bertz CT molecular complexity index is 419. The Kier molecular flexibility index (Phi) is 5.80. The normalized spacial score (nSPS) is 16.6. The van der Waals surface area contributed by atoms with Crippen LogP contribution in [-0.4, -0.2) is 36.3 Å². The number of rotatable bonds is 6. The third-order valence-corrected chi connectivity index (χ3v) is 4.11. The summed E-state index contributed by atoms with van der Waals surface area (Å²) in [6.45, 7) is 1.25. The van der Waals surface area contributed by atoms with Crippen LogP contribution in [0, 0.1) is 5.82 Å². The summed E-state index contributed by atoms with van der Waals surface area (Å²) >= 11 is 0. The van der Waals surface area contributed by atoms with Crippen LogP contribution in [0.4, 0.5) is 4.39 Å². The van der Waals surface area contributed by atoms with E-state index in [0.717, 1.165) is 12.8 Å². The first-order valence-corrected chi connectivity index (χ1v) is 7.42. The predicted octanol–water partition coefficient (Wildman–Crippen LogP) is 2.96. The van der Waals surface area contributed by atoms with E-state index >= 15 is 0 Å². The van der Waals surface area contributed by atoms with Gasteiger partial charge in [-0.25, -0.2) is 4.39 Å². The number of nitrogens with zero attached hydrogens (tertiary/aromatic N) is 1. The topological polar surface area (TPSA) is 32.7 Å². The molecule has 0 heterocycles. The predicted molar refractivity (Wildman–Crippen MR) is 77.3 cm³/mol. The first-order valence-electron chi connectivity index (χ1n) is 7.42. The molecule has 20 heavy (non-hydrogen) atoms. The van der Waals surface area contributed by atoms with Crippen LogP contribution in [0.5, 0.6) is 5.75 Å². The van der Waals surface area contributed by atoms with Gasteiger partial charge in [-0.3, -0.25) is 4.90 Å². The Hall–Kier alpha value is -1.13. The standard InChI is InChI=1S/C16H24FNO2/c1-20-15-9-5-6-13(16(15)17)12-18(10-11-19)14-7-3-2-4-8-14/h5-6,9,14,19H,2-4,7-8,10-12H2,1H3. The lowest BCUT2D eigenvalue weighted by Crippen LogP contribution is -2.38. The SMILES string of the molecule is COc1cccc(CN(CCO)C2CCCCC2)c1F. The Morgan fingerprint density at radius 3 is 2.70 bits per heavy atom. The lowest BCUT2D eigenvalue weighted by molar-refractivity contribution is 0.116. The molecule has 0 atom stereocenters. The molecule has 4 heteroatoms. The molecule has 0 aliphatic heterocycles. The zero-order chi connectivity index (χ0) is 14.4. The monoisotopic (exact) mass is 281 g/mol. The number of aliphatic hydroxyl groups excluding tert-OH is 1. The van der Waals surface area contributed by atoms with E-state index in [1.54, 1.807) is 12.1 Å². The summed E-state index contributed by atoms with van der Waals surface area (Å²) in [5.41, 5.74) is 0.642. The maximum atomic E-state index is 14.2. The van der Waals surface area contributed by atoms with Crippen molar-refractivity contribution in [1.82, 2.24) is 4.90 Å². The van der Waals surface area contributed by atoms with E-state index in [-0.39, 0.29) is 18.2 Å². The van der Waals surface area contributed by atoms with Crippen LogP contribution in [0.2, 0.25) is 0 Å². The summed E-state index contributed by atoms with van der Waals surface area (Å²) in [5.74, 6) is 0.00356. The molecular weight excluding hydrogens is 257 g/mol. The average molecular weight is 281 g/mol. The van der Waals surface area contributed by atoms with Crippen molar-refractivity contribution in [2.45, 2.75) is 44.7 Å². The van der Waals surface area contributed by atoms with Gasteiger partial charge in [-0.2, -0.15) is 0 Å². The van der Waals surface area contributed by atoms with Gasteiger partial charge in [0.05, 0.1) is 13.7 Å². The maximum Gasteiger partial charge on any atom is 0.169 e. The van der Waals surface area contributed by atoms with Crippen molar-refractivity contribution in [2.24, 2.45) is 0 Å². The molecule has 0 spiro atoms. The summed E-state index contributed by atoms with van der Waals surface area (Å²) in [5, 5.41) is 9.26. The second-order valence-electron chi connectivity index (χ2n) is 5.42. The minimum Gasteiger partial charge on any atom is -0.494 e. The summed E-state index contributed by atoms with van der Waals surface area (Å²) in [6, 6.07) is 5.71. The fourth-order valence-corrected chi connectivity index (χ4v) is 3.02. The van der Waals surface area contributed by atoms with Gasteiger partial charge in [0, 0.05) is 24.7 Å². The molecule has 0 amide bonds. The molecule has 0 radical (unpaired) electrons. The van der Waals surface area contributed by atoms with Gasteiger partial charge in [0.2, 0.25) is 0 Å². The van der Waals surface area contributed by atoms with Gasteiger partial charge in [0.1, 0.15) is 0 Å². The molecule has 0 unspecified atom stereocenters. The van der Waals surface area contributed by atoms with Crippen molar-refractivity contribution in [3.8, 4) is 5.75 Å². The fraction of sp³-hybridized carbons (Fsp3) is 0.625. The molecule has 1 aromatic carbocycles. The van der Waals surface area contributed by atoms with Gasteiger partial charge < -0.3 is 9.84 Å². The fourth-order valence-electron chi connectivity index (χ4n) is 3.02. The Morgan fingerprint density at radius 1 is 1.30 bits per heavy atom. The highest BCUT2D eigenvalue weighted by atomic mass is 19.1. The second kappa shape index (κ2) is 7.60. The van der Waals surface area contributed by atoms with Crippen molar-refractivity contribution in [1.29, 1.82) is 0 Å². The van der Waals surface area contributed by atoms with Crippen LogP contribution in [0.3, 0.4) is 0 Å². The lowest BCUT2D eigenvalue weighted by atomic mass is 9.94. The van der Waals surface area contributed by atoms with Gasteiger partial charge in [-0.1, -0.05) is 31.4 Å². The summed E-state index contributed by atoms with van der Waals surface area (Å²) in [4.78, 5) is 2.21. The first kappa shape index (κ1) is 15.3. The summed E-state index contributed by atoms with van der Waals surface area (Å²) in [7, 11) is 1.48. The highest BCUT2D eigenvalue weighted by Crippen LogP contribution is 2.26. The quantitative estimate of drug-likeness (QED) is 0.870. The Labute approximate surface area is 120 Å². The average Bonchev–Trinajstić information content (AvgIpc) is 2.49. The number of hydrogen-bond acceptors (Lipinski definition) is 3. The molecule has 1 N–H and O–H groups in total. The van der Waals surface area contributed by atoms with Gasteiger partial charge in [-0.15, -0.1) is 0 Å². The number of ether oxygens (including phenoxy) is 1. The van der Waals surface area contributed by atoms with E-state index < -0.39 is 0 Å². The number of methoxy groups -OCH3 is 1. The van der Waals surface area contributed by atoms with Crippen LogP contribution >= 0.6 is 0 Å². The maximum absolute atomic E-state index is 14.2. The molecule has 1 aromatic rings. The molecule has 3 nitrogen and oxygen atoms in total. The van der Waals surface area contributed by atoms with E-state index in [1.165, 1.54) is 26.4 Å². The van der Waals surface area contributed by atoms with E-state index in [0.29, 0.717) is 24.7 Å². The largest absolute Gasteiger partial charge is 0.494 e. The highest BCUT2D eigenvalue weighted by molar-refractivity contribution is 5.31. The zero-order valence-corrected chi connectivity index (χ0v) is 12.1. The molecular formula is C16H24FNO2. The molecule has 1 saturated carbocycles. The van der Waals surface area contributed by atoms with Crippen molar-refractivity contribution in [2.75, 3.05) is 20.3 Å². The van der Waals surface area contributed by atoms with Gasteiger partial charge >= 0.3 is 0 Å². The summed E-state index contributed by atoms with van der Waals surface area (Å²) in [6.07, 6.45) is 6.04. The van der Waals surface area contributed by atoms with Gasteiger partial charge in [0.25, 0.3) is 0 Å². The minimum absolute atomic E-state index is 0.113. The number of aliphatic hydroxyl groups is 1. The molecule has 0 aromatic heterocycles. The van der Waals surface area contributed by atoms with Crippen LogP contribution in [-0.2, 0) is 6.54 Å². The molecule has 1 fully saturated rings. The molecule has 0 bridgehead atoms. The second-order valence-corrected chi connectivity index (χ2v) is 5.42.